The Balaban J connectivity index is 2.12. The second-order valence-electron chi connectivity index (χ2n) is 16.0. The van der Waals surface area contributed by atoms with Gasteiger partial charge in [0, 0.05) is 32.3 Å². The average molecular weight is 671 g/mol. The maximum absolute atomic E-state index is 12.8. The van der Waals surface area contributed by atoms with Gasteiger partial charge in [0.25, 0.3) is 0 Å². The van der Waals surface area contributed by atoms with E-state index < -0.39 is 16.6 Å². The lowest BCUT2D eigenvalue weighted by Crippen LogP contribution is -2.47. The zero-order valence-electron chi connectivity index (χ0n) is 31.2. The van der Waals surface area contributed by atoms with Crippen molar-refractivity contribution in [2.24, 2.45) is 0 Å². The molecule has 1 fully saturated rings. The fourth-order valence-electron chi connectivity index (χ4n) is 4.85. The lowest BCUT2D eigenvalue weighted by atomic mass is 10.0. The van der Waals surface area contributed by atoms with Crippen molar-refractivity contribution in [2.45, 2.75) is 174 Å². The molecule has 260 valence electrons. The molecule has 0 spiro atoms. The van der Waals surface area contributed by atoms with Crippen molar-refractivity contribution >= 4 is 22.4 Å². The predicted molar refractivity (Wildman–Crippen MR) is 198 cm³/mol. The number of unbranched alkanes of at least 4 members (excludes halogenated alkanes) is 4. The molecule has 0 amide bonds. The molecule has 46 heavy (non-hydrogen) atoms. The minimum absolute atomic E-state index is 0.0390. The fourth-order valence-corrected chi connectivity index (χ4v) is 7.48. The Kier molecular flexibility index (Phi) is 16.7. The Bertz CT molecular complexity index is 1120. The molecule has 0 unspecified atom stereocenters. The number of benzene rings is 1. The third-order valence-electron chi connectivity index (χ3n) is 9.96. The summed E-state index contributed by atoms with van der Waals surface area (Å²) in [5, 5.41) is 0.128. The highest BCUT2D eigenvalue weighted by Crippen LogP contribution is 2.42. The van der Waals surface area contributed by atoms with Crippen LogP contribution in [0.1, 0.15) is 112 Å². The molecule has 1 aromatic carbocycles. The number of hydrogen-bond donors (Lipinski definition) is 0. The molecule has 0 radical (unpaired) electrons. The smallest absolute Gasteiger partial charge is 0.193 e. The minimum Gasteiger partial charge on any atom is -0.411 e. The standard InChI is InChI=1S/C39H66O5Si2/c1-12-13-18-25-33(40)27-28-35(43-45(8,9)38(2,3)4)36-30-37(44-46(10,11)39(5,6)7)34(42-36)26-21-15-14-16-22-29-41-31-32-23-19-17-20-24-32/h17,19-20,23-24,27-28,34-37H,12-14,16,18,22,25-26,29-31H2,1-11H3/b28-27+/t34-,35+,36-,37-/m0/s1. The van der Waals surface area contributed by atoms with Crippen LogP contribution in [0.5, 0.6) is 0 Å². The van der Waals surface area contributed by atoms with Gasteiger partial charge in [-0.3, -0.25) is 4.79 Å². The zero-order valence-corrected chi connectivity index (χ0v) is 33.2. The highest BCUT2D eigenvalue weighted by atomic mass is 28.4. The molecule has 7 heteroatoms. The number of rotatable bonds is 18. The summed E-state index contributed by atoms with van der Waals surface area (Å²) in [7, 11) is -4.19. The van der Waals surface area contributed by atoms with E-state index in [1.165, 1.54) is 5.56 Å². The van der Waals surface area contributed by atoms with E-state index in [1.54, 1.807) is 6.08 Å². The van der Waals surface area contributed by atoms with Crippen LogP contribution in [0.25, 0.3) is 0 Å². The highest BCUT2D eigenvalue weighted by molar-refractivity contribution is 6.74. The molecule has 1 saturated heterocycles. The van der Waals surface area contributed by atoms with Crippen molar-refractivity contribution in [2.75, 3.05) is 6.61 Å². The molecule has 1 heterocycles. The van der Waals surface area contributed by atoms with Gasteiger partial charge in [0.2, 0.25) is 0 Å². The maximum atomic E-state index is 12.8. The first-order chi connectivity index (χ1) is 21.5. The van der Waals surface area contributed by atoms with Crippen molar-refractivity contribution in [1.82, 2.24) is 0 Å². The van der Waals surface area contributed by atoms with Gasteiger partial charge in [0.1, 0.15) is 0 Å². The van der Waals surface area contributed by atoms with E-state index >= 15 is 0 Å². The van der Waals surface area contributed by atoms with E-state index in [1.807, 2.05) is 24.3 Å². The summed E-state index contributed by atoms with van der Waals surface area (Å²) in [6.45, 7) is 26.3. The van der Waals surface area contributed by atoms with E-state index in [0.717, 1.165) is 51.6 Å². The van der Waals surface area contributed by atoms with Gasteiger partial charge >= 0.3 is 0 Å². The van der Waals surface area contributed by atoms with Crippen LogP contribution < -0.4 is 0 Å². The Hall–Kier alpha value is -1.54. The molecule has 1 aliphatic heterocycles. The van der Waals surface area contributed by atoms with Crippen molar-refractivity contribution < 1.29 is 23.1 Å². The van der Waals surface area contributed by atoms with Crippen LogP contribution in [0.4, 0.5) is 0 Å². The molecule has 0 N–H and O–H groups in total. The first-order valence-electron chi connectivity index (χ1n) is 17.8. The van der Waals surface area contributed by atoms with Crippen LogP contribution in [-0.2, 0) is 29.7 Å². The quantitative estimate of drug-likeness (QED) is 0.0673. The largest absolute Gasteiger partial charge is 0.411 e. The molecule has 4 atom stereocenters. The second-order valence-corrected chi connectivity index (χ2v) is 25.6. The van der Waals surface area contributed by atoms with Crippen LogP contribution in [0, 0.1) is 11.8 Å². The van der Waals surface area contributed by atoms with Gasteiger partial charge in [-0.25, -0.2) is 0 Å². The summed E-state index contributed by atoms with van der Waals surface area (Å²) >= 11 is 0. The Morgan fingerprint density at radius 2 is 1.63 bits per heavy atom. The number of ether oxygens (including phenoxy) is 2. The lowest BCUT2D eigenvalue weighted by molar-refractivity contribution is -0.114. The van der Waals surface area contributed by atoms with E-state index in [-0.39, 0.29) is 40.3 Å². The van der Waals surface area contributed by atoms with Crippen LogP contribution >= 0.6 is 0 Å². The Morgan fingerprint density at radius 3 is 2.26 bits per heavy atom. The van der Waals surface area contributed by atoms with E-state index in [9.17, 15) is 4.79 Å². The summed E-state index contributed by atoms with van der Waals surface area (Å²) in [5.41, 5.74) is 1.21. The minimum atomic E-state index is -2.14. The van der Waals surface area contributed by atoms with Gasteiger partial charge in [-0.2, -0.15) is 0 Å². The summed E-state index contributed by atoms with van der Waals surface area (Å²) in [6, 6.07) is 10.3. The number of hydrogen-bond acceptors (Lipinski definition) is 5. The number of carbonyl (C=O) groups excluding carboxylic acids is 1. The van der Waals surface area contributed by atoms with Gasteiger partial charge < -0.3 is 18.3 Å². The van der Waals surface area contributed by atoms with Gasteiger partial charge in [-0.05, 0) is 67.2 Å². The van der Waals surface area contributed by atoms with Crippen LogP contribution in [0.2, 0.25) is 36.3 Å². The number of ketones is 1. The zero-order chi connectivity index (χ0) is 34.4. The fraction of sp³-hybridized carbons (Fsp3) is 0.718. The van der Waals surface area contributed by atoms with Crippen LogP contribution in [-0.4, -0.2) is 53.4 Å². The predicted octanol–water partition coefficient (Wildman–Crippen LogP) is 10.4. The van der Waals surface area contributed by atoms with Crippen LogP contribution in [0.3, 0.4) is 0 Å². The van der Waals surface area contributed by atoms with Gasteiger partial charge in [-0.1, -0.05) is 97.7 Å². The highest BCUT2D eigenvalue weighted by Gasteiger charge is 2.47. The first-order valence-corrected chi connectivity index (χ1v) is 23.6. The van der Waals surface area contributed by atoms with Gasteiger partial charge in [-0.15, -0.1) is 11.8 Å². The maximum Gasteiger partial charge on any atom is 0.193 e. The van der Waals surface area contributed by atoms with Gasteiger partial charge in [0.05, 0.1) is 31.0 Å². The summed E-state index contributed by atoms with van der Waals surface area (Å²) in [5.74, 6) is 6.98. The third kappa shape index (κ3) is 13.9. The molecule has 0 saturated carbocycles. The molecule has 0 bridgehead atoms. The first kappa shape index (κ1) is 40.6. The molecule has 0 aliphatic carbocycles. The van der Waals surface area contributed by atoms with Crippen LogP contribution in [0.15, 0.2) is 42.5 Å². The lowest BCUT2D eigenvalue weighted by Gasteiger charge is -2.40. The van der Waals surface area contributed by atoms with Crippen molar-refractivity contribution in [3.05, 3.63) is 48.0 Å². The monoisotopic (exact) mass is 670 g/mol. The topological polar surface area (TPSA) is 54.0 Å². The Labute approximate surface area is 284 Å². The average Bonchev–Trinajstić information content (AvgIpc) is 3.35. The van der Waals surface area contributed by atoms with Crippen molar-refractivity contribution in [3.8, 4) is 11.8 Å². The SMILES string of the molecule is CCCCCC(=O)/C=C/[C@@H](O[Si](C)(C)C(C)(C)C)[C@@H]1C[C@H](O[Si](C)(C)C(C)(C)C)[C@H](CC#CCCCCOCc2ccccc2)O1. The van der Waals surface area contributed by atoms with Crippen molar-refractivity contribution in [1.29, 1.82) is 0 Å². The number of allylic oxidation sites excluding steroid dienone is 1. The number of carbonyl (C=O) groups is 1. The van der Waals surface area contributed by atoms with E-state index in [0.29, 0.717) is 19.4 Å². The Morgan fingerprint density at radius 1 is 0.957 bits per heavy atom. The molecule has 0 aromatic heterocycles. The van der Waals surface area contributed by atoms with E-state index in [2.05, 4.69) is 98.6 Å². The van der Waals surface area contributed by atoms with E-state index in [4.69, 9.17) is 18.3 Å². The molecular formula is C39H66O5Si2. The second kappa shape index (κ2) is 18.9. The third-order valence-corrected chi connectivity index (χ3v) is 18.9. The normalized spacial score (nSPS) is 20.1. The summed E-state index contributed by atoms with van der Waals surface area (Å²) in [4.78, 5) is 12.8. The molecular weight excluding hydrogens is 605 g/mol. The summed E-state index contributed by atoms with van der Waals surface area (Å²) < 4.78 is 26.6. The van der Waals surface area contributed by atoms with Gasteiger partial charge in [0.15, 0.2) is 22.4 Å². The molecule has 2 rings (SSSR count). The van der Waals surface area contributed by atoms with Crippen molar-refractivity contribution in [3.63, 3.8) is 0 Å². The molecule has 1 aromatic rings. The molecule has 5 nitrogen and oxygen atoms in total. The molecule has 1 aliphatic rings. The summed E-state index contributed by atoms with van der Waals surface area (Å²) in [6.07, 6.45) is 11.0.